The van der Waals surface area contributed by atoms with Crippen LogP contribution in [0, 0.1) is 5.92 Å². The van der Waals surface area contributed by atoms with Crippen LogP contribution in [0.2, 0.25) is 0 Å². The van der Waals surface area contributed by atoms with Crippen molar-refractivity contribution in [3.05, 3.63) is 0 Å². The zero-order valence-corrected chi connectivity index (χ0v) is 14.8. The van der Waals surface area contributed by atoms with Gasteiger partial charge in [0.05, 0.1) is 0 Å². The first kappa shape index (κ1) is 19.4. The van der Waals surface area contributed by atoms with Gasteiger partial charge in [0.25, 0.3) is 5.91 Å². The number of likely N-dealkylation sites (tertiary alicyclic amines) is 1. The van der Waals surface area contributed by atoms with Crippen LogP contribution in [0.3, 0.4) is 0 Å². The molecule has 0 aliphatic carbocycles. The van der Waals surface area contributed by atoms with Gasteiger partial charge >= 0.3 is 12.1 Å². The summed E-state index contributed by atoms with van der Waals surface area (Å²) in [6, 6.07) is -1.31. The van der Waals surface area contributed by atoms with Gasteiger partial charge in [0, 0.05) is 5.92 Å². The first-order chi connectivity index (χ1) is 10.3. The van der Waals surface area contributed by atoms with Crippen molar-refractivity contribution in [3.63, 3.8) is 0 Å². The molecule has 23 heavy (non-hydrogen) atoms. The Bertz CT molecular complexity index is 492. The fourth-order valence-electron chi connectivity index (χ4n) is 2.39. The number of nitrogens with zero attached hydrogens (tertiary/aromatic N) is 1. The highest BCUT2D eigenvalue weighted by Gasteiger charge is 2.56. The van der Waals surface area contributed by atoms with E-state index < -0.39 is 47.3 Å². The molecule has 1 aliphatic heterocycles. The van der Waals surface area contributed by atoms with E-state index in [0.717, 1.165) is 0 Å². The van der Waals surface area contributed by atoms with Crippen molar-refractivity contribution in [3.8, 4) is 0 Å². The lowest BCUT2D eigenvalue weighted by atomic mass is 9.96. The monoisotopic (exact) mass is 331 g/mol. The molecule has 132 valence electrons. The number of carbonyl (C=O) groups is 3. The quantitative estimate of drug-likeness (QED) is 0.728. The summed E-state index contributed by atoms with van der Waals surface area (Å²) in [4.78, 5) is 37.4. The Hall–Kier alpha value is -1.66. The van der Waals surface area contributed by atoms with Crippen LogP contribution >= 0.6 is 0 Å². The third-order valence-corrected chi connectivity index (χ3v) is 3.24. The van der Waals surface area contributed by atoms with Crippen molar-refractivity contribution < 1.29 is 28.2 Å². The molecule has 0 radical (unpaired) electrons. The van der Waals surface area contributed by atoms with Crippen LogP contribution in [0.25, 0.3) is 0 Å². The Morgan fingerprint density at radius 3 is 1.96 bits per heavy atom. The van der Waals surface area contributed by atoms with Crippen LogP contribution in [0.15, 0.2) is 0 Å². The van der Waals surface area contributed by atoms with E-state index >= 15 is 0 Å². The number of ether oxygens (including phenoxy) is 2. The first-order valence-corrected chi connectivity index (χ1v) is 7.71. The molecule has 3 atom stereocenters. The number of rotatable bonds is 2. The number of carbonyl (C=O) groups excluding carboxylic acids is 3. The van der Waals surface area contributed by atoms with Crippen LogP contribution in [0.1, 0.15) is 54.9 Å². The van der Waals surface area contributed by atoms with Crippen LogP contribution < -0.4 is 0 Å². The van der Waals surface area contributed by atoms with Crippen molar-refractivity contribution in [2.75, 3.05) is 0 Å². The lowest BCUT2D eigenvalue weighted by molar-refractivity contribution is -0.163. The Morgan fingerprint density at radius 1 is 1.09 bits per heavy atom. The number of hydrogen-bond acceptors (Lipinski definition) is 5. The number of esters is 1. The summed E-state index contributed by atoms with van der Waals surface area (Å²) in [5.41, 5.74) is -1.68. The molecule has 1 rings (SSSR count). The standard InChI is InChI=1S/C16H26FNO5/c1-8-9-10(17)12(19)18(14(21)23-16(5,6)7)11(9)13(20)22-15(2,3)4/h9-11H,8H2,1-7H3. The van der Waals surface area contributed by atoms with Gasteiger partial charge in [0.1, 0.15) is 17.2 Å². The van der Waals surface area contributed by atoms with Gasteiger partial charge in [0.2, 0.25) is 0 Å². The summed E-state index contributed by atoms with van der Waals surface area (Å²) in [5.74, 6) is -2.80. The maximum Gasteiger partial charge on any atom is 0.417 e. The SMILES string of the molecule is CCC1C(F)C(=O)N(C(=O)OC(C)(C)C)C1C(=O)OC(C)(C)C. The second kappa shape index (κ2) is 6.45. The zero-order chi connectivity index (χ0) is 18.2. The summed E-state index contributed by atoms with van der Waals surface area (Å²) in [6.07, 6.45) is -2.74. The minimum atomic E-state index is -1.93. The van der Waals surface area contributed by atoms with Gasteiger partial charge in [-0.15, -0.1) is 0 Å². The van der Waals surface area contributed by atoms with Crippen molar-refractivity contribution in [1.82, 2.24) is 4.90 Å². The summed E-state index contributed by atoms with van der Waals surface area (Å²) in [5, 5.41) is 0. The van der Waals surface area contributed by atoms with E-state index in [9.17, 15) is 18.8 Å². The van der Waals surface area contributed by atoms with Gasteiger partial charge in [-0.05, 0) is 48.0 Å². The maximum atomic E-state index is 14.3. The maximum absolute atomic E-state index is 14.3. The average molecular weight is 331 g/mol. The smallest absolute Gasteiger partial charge is 0.417 e. The predicted octanol–water partition coefficient (Wildman–Crippen LogP) is 2.84. The minimum absolute atomic E-state index is 0.218. The molecule has 0 spiro atoms. The second-order valence-corrected chi connectivity index (χ2v) is 7.64. The second-order valence-electron chi connectivity index (χ2n) is 7.64. The highest BCUT2D eigenvalue weighted by molar-refractivity contribution is 6.02. The van der Waals surface area contributed by atoms with Crippen molar-refractivity contribution in [2.45, 2.75) is 78.3 Å². The van der Waals surface area contributed by atoms with E-state index in [2.05, 4.69) is 0 Å². The van der Waals surface area contributed by atoms with Crippen LogP contribution in [-0.2, 0) is 19.1 Å². The number of hydrogen-bond donors (Lipinski definition) is 0. The average Bonchev–Trinajstić information content (AvgIpc) is 2.57. The van der Waals surface area contributed by atoms with Gasteiger partial charge in [0.15, 0.2) is 6.17 Å². The van der Waals surface area contributed by atoms with Gasteiger partial charge < -0.3 is 9.47 Å². The molecule has 0 aromatic carbocycles. The predicted molar refractivity (Wildman–Crippen MR) is 81.4 cm³/mol. The summed E-state index contributed by atoms with van der Waals surface area (Å²) in [7, 11) is 0. The number of alkyl halides is 1. The fourth-order valence-corrected chi connectivity index (χ4v) is 2.39. The molecule has 1 fully saturated rings. The van der Waals surface area contributed by atoms with Crippen molar-refractivity contribution in [2.24, 2.45) is 5.92 Å². The van der Waals surface area contributed by atoms with E-state index in [0.29, 0.717) is 4.90 Å². The molecule has 3 unspecified atom stereocenters. The molecule has 0 N–H and O–H groups in total. The Labute approximate surface area is 136 Å². The Morgan fingerprint density at radius 2 is 1.57 bits per heavy atom. The molecular weight excluding hydrogens is 305 g/mol. The third kappa shape index (κ3) is 4.65. The molecule has 1 saturated heterocycles. The molecular formula is C16H26FNO5. The summed E-state index contributed by atoms with van der Waals surface area (Å²) < 4.78 is 24.7. The normalized spacial score (nSPS) is 25.5. The minimum Gasteiger partial charge on any atom is -0.458 e. The van der Waals surface area contributed by atoms with Crippen LogP contribution in [0.5, 0.6) is 0 Å². The van der Waals surface area contributed by atoms with E-state index in [1.807, 2.05) is 0 Å². The molecule has 0 aromatic rings. The number of halogens is 1. The van der Waals surface area contributed by atoms with Crippen LogP contribution in [0.4, 0.5) is 9.18 Å². The third-order valence-electron chi connectivity index (χ3n) is 3.24. The van der Waals surface area contributed by atoms with Gasteiger partial charge in [-0.3, -0.25) is 4.79 Å². The molecule has 7 heteroatoms. The van der Waals surface area contributed by atoms with Gasteiger partial charge in [-0.1, -0.05) is 6.92 Å². The fraction of sp³-hybridized carbons (Fsp3) is 0.812. The van der Waals surface area contributed by atoms with E-state index in [1.165, 1.54) is 0 Å². The molecule has 2 amide bonds. The molecule has 0 saturated carbocycles. The van der Waals surface area contributed by atoms with E-state index in [-0.39, 0.29) is 6.42 Å². The summed E-state index contributed by atoms with van der Waals surface area (Å²) in [6.45, 7) is 11.5. The van der Waals surface area contributed by atoms with Crippen molar-refractivity contribution >= 4 is 18.0 Å². The molecule has 0 aromatic heterocycles. The number of imide groups is 1. The summed E-state index contributed by atoms with van der Waals surface area (Å²) >= 11 is 0. The van der Waals surface area contributed by atoms with Crippen LogP contribution in [-0.4, -0.2) is 46.3 Å². The first-order valence-electron chi connectivity index (χ1n) is 7.71. The molecule has 6 nitrogen and oxygen atoms in total. The zero-order valence-electron chi connectivity index (χ0n) is 14.8. The topological polar surface area (TPSA) is 72.9 Å². The Kier molecular flexibility index (Phi) is 5.44. The van der Waals surface area contributed by atoms with Crippen molar-refractivity contribution in [1.29, 1.82) is 0 Å². The van der Waals surface area contributed by atoms with Gasteiger partial charge in [-0.25, -0.2) is 18.9 Å². The van der Waals surface area contributed by atoms with E-state index in [1.54, 1.807) is 48.5 Å². The highest BCUT2D eigenvalue weighted by Crippen LogP contribution is 2.33. The van der Waals surface area contributed by atoms with E-state index in [4.69, 9.17) is 9.47 Å². The lowest BCUT2D eigenvalue weighted by Crippen LogP contribution is -2.49. The number of amides is 2. The Balaban J connectivity index is 3.15. The molecule has 0 bridgehead atoms. The van der Waals surface area contributed by atoms with Gasteiger partial charge in [-0.2, -0.15) is 0 Å². The molecule has 1 aliphatic rings. The highest BCUT2D eigenvalue weighted by atomic mass is 19.1. The lowest BCUT2D eigenvalue weighted by Gasteiger charge is -2.30. The largest absolute Gasteiger partial charge is 0.458 e. The molecule has 1 heterocycles.